The van der Waals surface area contributed by atoms with Crippen molar-refractivity contribution in [2.24, 2.45) is 0 Å². The van der Waals surface area contributed by atoms with Gasteiger partial charge in [0.25, 0.3) is 0 Å². The van der Waals surface area contributed by atoms with Gasteiger partial charge in [0.1, 0.15) is 0 Å². The van der Waals surface area contributed by atoms with Crippen molar-refractivity contribution < 1.29 is 4.79 Å². The first kappa shape index (κ1) is 18.2. The molecule has 0 spiro atoms. The monoisotopic (exact) mass is 305 g/mol. The van der Waals surface area contributed by atoms with Crippen LogP contribution in [0.4, 0.5) is 5.69 Å². The molecule has 1 atom stereocenters. The Morgan fingerprint density at radius 3 is 2.95 bits per heavy atom. The largest absolute Gasteiger partial charge is 0.325 e. The number of nitrogens with one attached hydrogen (secondary N) is 2. The van der Waals surface area contributed by atoms with E-state index >= 15 is 0 Å². The van der Waals surface area contributed by atoms with Gasteiger partial charge in [-0.05, 0) is 44.4 Å². The van der Waals surface area contributed by atoms with Gasteiger partial charge in [-0.1, -0.05) is 0 Å². The molecule has 1 aliphatic rings. The lowest BCUT2D eigenvalue weighted by Gasteiger charge is -2.10. The standard InChI is InChI=1S/C13H19N3O.2ClH/c1-10-6-8-14-9-12(10)16-13(17)5-4-11-3-2-7-15-11;;/h6,8-9,11,15H,2-5,7H2,1H3,(H,16,17);2*1H. The lowest BCUT2D eigenvalue weighted by atomic mass is 10.1. The van der Waals surface area contributed by atoms with Gasteiger partial charge in [-0.3, -0.25) is 9.78 Å². The number of rotatable bonds is 4. The highest BCUT2D eigenvalue weighted by atomic mass is 35.5. The number of halogens is 2. The summed E-state index contributed by atoms with van der Waals surface area (Å²) in [4.78, 5) is 15.8. The van der Waals surface area contributed by atoms with Crippen LogP contribution in [0.1, 0.15) is 31.2 Å². The van der Waals surface area contributed by atoms with Gasteiger partial charge in [0, 0.05) is 18.7 Å². The predicted molar refractivity (Wildman–Crippen MR) is 82.4 cm³/mol. The van der Waals surface area contributed by atoms with Gasteiger partial charge >= 0.3 is 0 Å². The van der Waals surface area contributed by atoms with Crippen LogP contribution in [0.15, 0.2) is 18.5 Å². The maximum atomic E-state index is 11.8. The van der Waals surface area contributed by atoms with Crippen molar-refractivity contribution in [3.63, 3.8) is 0 Å². The second-order valence-corrected chi connectivity index (χ2v) is 4.57. The molecular weight excluding hydrogens is 285 g/mol. The van der Waals surface area contributed by atoms with Crippen LogP contribution in [0.25, 0.3) is 0 Å². The summed E-state index contributed by atoms with van der Waals surface area (Å²) in [7, 11) is 0. The highest BCUT2D eigenvalue weighted by Crippen LogP contribution is 2.14. The van der Waals surface area contributed by atoms with E-state index in [-0.39, 0.29) is 30.7 Å². The van der Waals surface area contributed by atoms with Gasteiger partial charge < -0.3 is 10.6 Å². The van der Waals surface area contributed by atoms with E-state index in [1.165, 1.54) is 12.8 Å². The zero-order chi connectivity index (χ0) is 12.1. The molecule has 1 aromatic rings. The Labute approximate surface area is 126 Å². The molecule has 108 valence electrons. The zero-order valence-corrected chi connectivity index (χ0v) is 12.6. The number of carbonyl (C=O) groups is 1. The van der Waals surface area contributed by atoms with Gasteiger partial charge in [0.2, 0.25) is 5.91 Å². The molecule has 2 heterocycles. The van der Waals surface area contributed by atoms with E-state index in [1.54, 1.807) is 12.4 Å². The predicted octanol–water partition coefficient (Wildman–Crippen LogP) is 2.70. The molecule has 1 amide bonds. The van der Waals surface area contributed by atoms with Gasteiger partial charge in [0.05, 0.1) is 11.9 Å². The summed E-state index contributed by atoms with van der Waals surface area (Å²) in [5, 5.41) is 6.30. The smallest absolute Gasteiger partial charge is 0.224 e. The number of aromatic nitrogens is 1. The molecule has 1 unspecified atom stereocenters. The van der Waals surface area contributed by atoms with Crippen LogP contribution < -0.4 is 10.6 Å². The summed E-state index contributed by atoms with van der Waals surface area (Å²) in [5.74, 6) is 0.0785. The molecule has 1 aromatic heterocycles. The average molecular weight is 306 g/mol. The van der Waals surface area contributed by atoms with Crippen molar-refractivity contribution in [2.75, 3.05) is 11.9 Å². The molecular formula is C13H21Cl2N3O. The van der Waals surface area contributed by atoms with Crippen LogP contribution in [0.3, 0.4) is 0 Å². The van der Waals surface area contributed by atoms with Crippen LogP contribution in [0.5, 0.6) is 0 Å². The Hall–Kier alpha value is -0.840. The molecule has 0 bridgehead atoms. The molecule has 1 fully saturated rings. The third-order valence-corrected chi connectivity index (χ3v) is 3.20. The van der Waals surface area contributed by atoms with Crippen molar-refractivity contribution in [3.05, 3.63) is 24.0 Å². The number of nitrogens with zero attached hydrogens (tertiary/aromatic N) is 1. The number of carbonyl (C=O) groups excluding carboxylic acids is 1. The molecule has 4 nitrogen and oxygen atoms in total. The minimum atomic E-state index is 0. The Bertz CT molecular complexity index is 395. The molecule has 0 aliphatic carbocycles. The van der Waals surface area contributed by atoms with Crippen molar-refractivity contribution in [1.82, 2.24) is 10.3 Å². The molecule has 2 rings (SSSR count). The van der Waals surface area contributed by atoms with Crippen LogP contribution in [0.2, 0.25) is 0 Å². The lowest BCUT2D eigenvalue weighted by molar-refractivity contribution is -0.116. The van der Waals surface area contributed by atoms with Crippen molar-refractivity contribution in [1.29, 1.82) is 0 Å². The van der Waals surface area contributed by atoms with E-state index in [9.17, 15) is 4.79 Å². The summed E-state index contributed by atoms with van der Waals surface area (Å²) in [5.41, 5.74) is 1.87. The molecule has 2 N–H and O–H groups in total. The average Bonchev–Trinajstić information content (AvgIpc) is 2.82. The molecule has 1 saturated heterocycles. The van der Waals surface area contributed by atoms with E-state index < -0.39 is 0 Å². The van der Waals surface area contributed by atoms with Crippen LogP contribution in [-0.2, 0) is 4.79 Å². The maximum absolute atomic E-state index is 11.8. The lowest BCUT2D eigenvalue weighted by Crippen LogP contribution is -2.23. The Morgan fingerprint density at radius 2 is 2.32 bits per heavy atom. The van der Waals surface area contributed by atoms with Crippen molar-refractivity contribution in [3.8, 4) is 0 Å². The van der Waals surface area contributed by atoms with Gasteiger partial charge in [0.15, 0.2) is 0 Å². The summed E-state index contributed by atoms with van der Waals surface area (Å²) in [6.07, 6.45) is 7.35. The van der Waals surface area contributed by atoms with Gasteiger partial charge in [-0.25, -0.2) is 0 Å². The molecule has 19 heavy (non-hydrogen) atoms. The second-order valence-electron chi connectivity index (χ2n) is 4.57. The van der Waals surface area contributed by atoms with E-state index in [0.717, 1.165) is 24.2 Å². The SMILES string of the molecule is Cc1ccncc1NC(=O)CCC1CCCN1.Cl.Cl. The first-order valence-corrected chi connectivity index (χ1v) is 6.19. The fraction of sp³-hybridized carbons (Fsp3) is 0.538. The molecule has 0 saturated carbocycles. The fourth-order valence-electron chi connectivity index (χ4n) is 2.12. The van der Waals surface area contributed by atoms with E-state index in [1.807, 2.05) is 13.0 Å². The van der Waals surface area contributed by atoms with Crippen LogP contribution >= 0.6 is 24.8 Å². The Morgan fingerprint density at radius 1 is 1.53 bits per heavy atom. The second kappa shape index (κ2) is 9.13. The minimum absolute atomic E-state index is 0. The third kappa shape index (κ3) is 5.76. The van der Waals surface area contributed by atoms with E-state index in [0.29, 0.717) is 12.5 Å². The summed E-state index contributed by atoms with van der Waals surface area (Å²) in [6.45, 7) is 3.06. The highest BCUT2D eigenvalue weighted by molar-refractivity contribution is 5.91. The van der Waals surface area contributed by atoms with Gasteiger partial charge in [-0.15, -0.1) is 24.8 Å². The number of anilines is 1. The highest BCUT2D eigenvalue weighted by Gasteiger charge is 2.15. The number of pyridine rings is 1. The van der Waals surface area contributed by atoms with E-state index in [4.69, 9.17) is 0 Å². The number of amides is 1. The fourth-order valence-corrected chi connectivity index (χ4v) is 2.12. The molecule has 1 aliphatic heterocycles. The number of hydrogen-bond donors (Lipinski definition) is 2. The van der Waals surface area contributed by atoms with Gasteiger partial charge in [-0.2, -0.15) is 0 Å². The van der Waals surface area contributed by atoms with E-state index in [2.05, 4.69) is 15.6 Å². The molecule has 0 aromatic carbocycles. The first-order valence-electron chi connectivity index (χ1n) is 6.19. The quantitative estimate of drug-likeness (QED) is 0.899. The Kier molecular flexibility index (Phi) is 8.72. The zero-order valence-electron chi connectivity index (χ0n) is 11.0. The van der Waals surface area contributed by atoms with Crippen LogP contribution in [0, 0.1) is 6.92 Å². The first-order chi connectivity index (χ1) is 8.25. The van der Waals surface area contributed by atoms with Crippen molar-refractivity contribution in [2.45, 2.75) is 38.6 Å². The summed E-state index contributed by atoms with van der Waals surface area (Å²) < 4.78 is 0. The molecule has 6 heteroatoms. The number of aryl methyl sites for hydroxylation is 1. The third-order valence-electron chi connectivity index (χ3n) is 3.20. The summed E-state index contributed by atoms with van der Waals surface area (Å²) in [6, 6.07) is 2.42. The number of hydrogen-bond acceptors (Lipinski definition) is 3. The Balaban J connectivity index is 0.00000162. The normalized spacial score (nSPS) is 17.2. The topological polar surface area (TPSA) is 54.0 Å². The summed E-state index contributed by atoms with van der Waals surface area (Å²) >= 11 is 0. The maximum Gasteiger partial charge on any atom is 0.224 e. The van der Waals surface area contributed by atoms with Crippen molar-refractivity contribution >= 4 is 36.4 Å². The van der Waals surface area contributed by atoms with Crippen LogP contribution in [-0.4, -0.2) is 23.5 Å². The molecule has 0 radical (unpaired) electrons. The minimum Gasteiger partial charge on any atom is -0.325 e.